The first-order valence-electron chi connectivity index (χ1n) is 11.5. The topological polar surface area (TPSA) is 96.7 Å². The van der Waals surface area contributed by atoms with E-state index in [1.54, 1.807) is 11.2 Å². The largest absolute Gasteiger partial charge is 0.450 e. The first kappa shape index (κ1) is 27.4. The van der Waals surface area contributed by atoms with Crippen molar-refractivity contribution < 1.29 is 9.53 Å². The maximum atomic E-state index is 11.9. The van der Waals surface area contributed by atoms with Crippen molar-refractivity contribution in [3.05, 3.63) is 12.2 Å². The van der Waals surface area contributed by atoms with Gasteiger partial charge >= 0.3 is 6.09 Å². The Kier molecular flexibility index (Phi) is 14.3. The Morgan fingerprint density at radius 1 is 1.23 bits per heavy atom. The third-order valence-electron chi connectivity index (χ3n) is 5.30. The van der Waals surface area contributed by atoms with Gasteiger partial charge in [0.05, 0.1) is 6.61 Å². The van der Waals surface area contributed by atoms with Crippen LogP contribution in [-0.2, 0) is 17.7 Å². The molecule has 1 aromatic heterocycles. The molecule has 0 spiro atoms. The summed E-state index contributed by atoms with van der Waals surface area (Å²) in [4.78, 5) is 18.5. The lowest BCUT2D eigenvalue weighted by atomic mass is 10.1. The first-order chi connectivity index (χ1) is 14.7. The van der Waals surface area contributed by atoms with Gasteiger partial charge in [-0.1, -0.05) is 33.1 Å². The summed E-state index contributed by atoms with van der Waals surface area (Å²) in [5, 5.41) is 15.2. The van der Waals surface area contributed by atoms with Crippen LogP contribution in [0.2, 0.25) is 0 Å². The Hall–Kier alpha value is -1.59. The number of carbonyl (C=O) groups excluding carboxylic acids is 1. The molecule has 1 saturated heterocycles. The van der Waals surface area contributed by atoms with Crippen LogP contribution in [0.25, 0.3) is 0 Å². The molecule has 0 atom stereocenters. The summed E-state index contributed by atoms with van der Waals surface area (Å²) in [6, 6.07) is 0.304. The van der Waals surface area contributed by atoms with E-state index in [9.17, 15) is 4.79 Å². The minimum atomic E-state index is -0.209. The maximum Gasteiger partial charge on any atom is 0.409 e. The van der Waals surface area contributed by atoms with E-state index in [-0.39, 0.29) is 30.1 Å². The van der Waals surface area contributed by atoms with Crippen molar-refractivity contribution in [3.8, 4) is 0 Å². The number of likely N-dealkylation sites (tertiary alicyclic amines) is 1. The predicted octanol–water partition coefficient (Wildman–Crippen LogP) is 3.19. The summed E-state index contributed by atoms with van der Waals surface area (Å²) >= 11 is 0. The Labute approximate surface area is 203 Å². The number of aliphatic imine (C=N–C) groups is 1. The molecule has 1 aromatic rings. The van der Waals surface area contributed by atoms with Crippen molar-refractivity contribution in [2.75, 3.05) is 32.8 Å². The summed E-state index contributed by atoms with van der Waals surface area (Å²) in [5.74, 6) is 1.85. The van der Waals surface area contributed by atoms with Gasteiger partial charge in [-0.2, -0.15) is 0 Å². The van der Waals surface area contributed by atoms with Crippen molar-refractivity contribution >= 4 is 36.0 Å². The molecule has 31 heavy (non-hydrogen) atoms. The van der Waals surface area contributed by atoms with Gasteiger partial charge in [0.2, 0.25) is 0 Å². The van der Waals surface area contributed by atoms with Crippen LogP contribution in [0.4, 0.5) is 4.79 Å². The van der Waals surface area contributed by atoms with E-state index in [0.717, 1.165) is 57.1 Å². The molecule has 9 nitrogen and oxygen atoms in total. The summed E-state index contributed by atoms with van der Waals surface area (Å²) in [6.45, 7) is 10.4. The second-order valence-corrected chi connectivity index (χ2v) is 7.62. The van der Waals surface area contributed by atoms with Crippen LogP contribution in [-0.4, -0.2) is 70.5 Å². The number of nitrogens with zero attached hydrogens (tertiary/aromatic N) is 5. The van der Waals surface area contributed by atoms with Gasteiger partial charge in [0, 0.05) is 45.2 Å². The number of guanidine groups is 1. The average Bonchev–Trinajstić information content (AvgIpc) is 3.21. The molecule has 1 aliphatic heterocycles. The maximum absolute atomic E-state index is 11.9. The number of hydrogen-bond donors (Lipinski definition) is 2. The number of amides is 1. The number of halogens is 1. The minimum absolute atomic E-state index is 0. The quantitative estimate of drug-likeness (QED) is 0.191. The van der Waals surface area contributed by atoms with Crippen LogP contribution in [0.1, 0.15) is 65.1 Å². The SMILES string of the molecule is CCCCCCN=C(NCCn1cnnc1CC)NC1CCN(C(=O)OCC)CC1.I. The van der Waals surface area contributed by atoms with Crippen molar-refractivity contribution in [1.82, 2.24) is 30.3 Å². The Balaban J connectivity index is 0.00000480. The number of carbonyl (C=O) groups is 1. The van der Waals surface area contributed by atoms with Crippen LogP contribution >= 0.6 is 24.0 Å². The molecule has 10 heteroatoms. The number of piperidine rings is 1. The number of aromatic nitrogens is 3. The standard InChI is InChI=1S/C21H39N7O2.HI/c1-4-7-8-9-12-22-20(23-13-16-28-17-24-26-19(28)5-2)25-18-10-14-27(15-11-18)21(29)30-6-3;/h17-18H,4-16H2,1-3H3,(H2,22,23,25);1H. The summed E-state index contributed by atoms with van der Waals surface area (Å²) in [5.41, 5.74) is 0. The molecule has 2 heterocycles. The van der Waals surface area contributed by atoms with Crippen LogP contribution < -0.4 is 10.6 Å². The number of ether oxygens (including phenoxy) is 1. The number of unbranched alkanes of at least 4 members (excludes halogenated alkanes) is 3. The van der Waals surface area contributed by atoms with Gasteiger partial charge < -0.3 is 24.8 Å². The van der Waals surface area contributed by atoms with Crippen LogP contribution in [0.3, 0.4) is 0 Å². The fourth-order valence-corrected chi connectivity index (χ4v) is 3.53. The van der Waals surface area contributed by atoms with E-state index in [2.05, 4.69) is 39.2 Å². The lowest BCUT2D eigenvalue weighted by molar-refractivity contribution is 0.0963. The molecule has 0 bridgehead atoms. The molecule has 2 rings (SSSR count). The fraction of sp³-hybridized carbons (Fsp3) is 0.810. The molecular formula is C21H40IN7O2. The number of hydrogen-bond acceptors (Lipinski definition) is 5. The zero-order valence-electron chi connectivity index (χ0n) is 19.3. The molecule has 2 N–H and O–H groups in total. The highest BCUT2D eigenvalue weighted by Gasteiger charge is 2.24. The molecule has 0 unspecified atom stereocenters. The van der Waals surface area contributed by atoms with Gasteiger partial charge in [0.1, 0.15) is 12.2 Å². The zero-order valence-corrected chi connectivity index (χ0v) is 21.6. The highest BCUT2D eigenvalue weighted by atomic mass is 127. The second-order valence-electron chi connectivity index (χ2n) is 7.62. The summed E-state index contributed by atoms with van der Waals surface area (Å²) in [6.07, 6.45) is 9.02. The van der Waals surface area contributed by atoms with E-state index in [0.29, 0.717) is 25.7 Å². The van der Waals surface area contributed by atoms with Crippen LogP contribution in [0, 0.1) is 0 Å². The molecule has 0 aliphatic carbocycles. The normalized spacial score (nSPS) is 14.8. The van der Waals surface area contributed by atoms with Gasteiger partial charge in [-0.15, -0.1) is 34.2 Å². The lowest BCUT2D eigenvalue weighted by Gasteiger charge is -2.32. The number of rotatable bonds is 11. The molecule has 0 aromatic carbocycles. The molecule has 1 aliphatic rings. The molecule has 1 fully saturated rings. The fourth-order valence-electron chi connectivity index (χ4n) is 3.53. The highest BCUT2D eigenvalue weighted by molar-refractivity contribution is 14.0. The lowest BCUT2D eigenvalue weighted by Crippen LogP contribution is -2.50. The van der Waals surface area contributed by atoms with E-state index >= 15 is 0 Å². The van der Waals surface area contributed by atoms with Crippen molar-refractivity contribution in [3.63, 3.8) is 0 Å². The predicted molar refractivity (Wildman–Crippen MR) is 134 cm³/mol. The second kappa shape index (κ2) is 16.1. The smallest absolute Gasteiger partial charge is 0.409 e. The Morgan fingerprint density at radius 3 is 2.68 bits per heavy atom. The number of nitrogens with one attached hydrogen (secondary N) is 2. The molecule has 0 saturated carbocycles. The number of aryl methyl sites for hydroxylation is 1. The van der Waals surface area contributed by atoms with Crippen molar-refractivity contribution in [1.29, 1.82) is 0 Å². The molecule has 1 amide bonds. The summed E-state index contributed by atoms with van der Waals surface area (Å²) in [7, 11) is 0. The van der Waals surface area contributed by atoms with Gasteiger partial charge in [-0.05, 0) is 26.2 Å². The van der Waals surface area contributed by atoms with Gasteiger partial charge in [0.15, 0.2) is 5.96 Å². The van der Waals surface area contributed by atoms with E-state index < -0.39 is 0 Å². The average molecular weight is 550 g/mol. The third-order valence-corrected chi connectivity index (χ3v) is 5.30. The monoisotopic (exact) mass is 549 g/mol. The molecular weight excluding hydrogens is 509 g/mol. The van der Waals surface area contributed by atoms with E-state index in [1.165, 1.54) is 19.3 Å². The van der Waals surface area contributed by atoms with Crippen molar-refractivity contribution in [2.45, 2.75) is 78.3 Å². The first-order valence-corrected chi connectivity index (χ1v) is 11.5. The van der Waals surface area contributed by atoms with Gasteiger partial charge in [0.25, 0.3) is 0 Å². The van der Waals surface area contributed by atoms with E-state index in [1.807, 2.05) is 6.92 Å². The molecule has 178 valence electrons. The van der Waals surface area contributed by atoms with Crippen LogP contribution in [0.15, 0.2) is 11.3 Å². The van der Waals surface area contributed by atoms with Crippen LogP contribution in [0.5, 0.6) is 0 Å². The zero-order chi connectivity index (χ0) is 21.6. The Morgan fingerprint density at radius 2 is 2.00 bits per heavy atom. The highest BCUT2D eigenvalue weighted by Crippen LogP contribution is 2.11. The minimum Gasteiger partial charge on any atom is -0.450 e. The van der Waals surface area contributed by atoms with Gasteiger partial charge in [-0.3, -0.25) is 4.99 Å². The van der Waals surface area contributed by atoms with E-state index in [4.69, 9.17) is 9.73 Å². The molecule has 0 radical (unpaired) electrons. The Bertz CT molecular complexity index is 645. The van der Waals surface area contributed by atoms with Crippen molar-refractivity contribution in [2.24, 2.45) is 4.99 Å². The summed E-state index contributed by atoms with van der Waals surface area (Å²) < 4.78 is 7.18. The van der Waals surface area contributed by atoms with Gasteiger partial charge in [-0.25, -0.2) is 4.79 Å². The third kappa shape index (κ3) is 10.0.